The first kappa shape index (κ1) is 26.4. The molecule has 11 nitrogen and oxygen atoms in total. The molecule has 0 unspecified atom stereocenters. The van der Waals surface area contributed by atoms with Crippen LogP contribution in [0.4, 0.5) is 10.5 Å². The van der Waals surface area contributed by atoms with Crippen molar-refractivity contribution >= 4 is 56.6 Å². The van der Waals surface area contributed by atoms with Crippen LogP contribution in [0.2, 0.25) is 0 Å². The van der Waals surface area contributed by atoms with Gasteiger partial charge in [-0.1, -0.05) is 12.1 Å². The Morgan fingerprint density at radius 2 is 1.70 bits per heavy atom. The third-order valence-corrected chi connectivity index (χ3v) is 7.55. The highest BCUT2D eigenvalue weighted by Gasteiger charge is 2.37. The van der Waals surface area contributed by atoms with E-state index >= 15 is 0 Å². The van der Waals surface area contributed by atoms with Gasteiger partial charge < -0.3 is 19.1 Å². The molecule has 13 heteroatoms. The predicted molar refractivity (Wildman–Crippen MR) is 135 cm³/mol. The molecule has 194 valence electrons. The van der Waals surface area contributed by atoms with Crippen LogP contribution in [-0.4, -0.2) is 74.0 Å². The van der Waals surface area contributed by atoms with Crippen LogP contribution in [0.3, 0.4) is 0 Å². The minimum absolute atomic E-state index is 0.0484. The molecule has 2 aromatic carbocycles. The number of nitrogens with zero attached hydrogens (tertiary/aromatic N) is 2. The minimum Gasteiger partial charge on any atom is -0.379 e. The van der Waals surface area contributed by atoms with Crippen molar-refractivity contribution in [3.8, 4) is 5.75 Å². The van der Waals surface area contributed by atoms with Gasteiger partial charge in [0, 0.05) is 25.7 Å². The summed E-state index contributed by atoms with van der Waals surface area (Å²) in [5.74, 6) is -1.12. The van der Waals surface area contributed by atoms with Crippen molar-refractivity contribution in [1.82, 2.24) is 9.80 Å². The van der Waals surface area contributed by atoms with Crippen molar-refractivity contribution in [2.24, 2.45) is 0 Å². The monoisotopic (exact) mass is 545 g/mol. The van der Waals surface area contributed by atoms with E-state index in [1.165, 1.54) is 61.5 Å². The summed E-state index contributed by atoms with van der Waals surface area (Å²) in [6, 6.07) is 11.4. The molecule has 0 aliphatic carbocycles. The van der Waals surface area contributed by atoms with E-state index in [2.05, 4.69) is 5.32 Å². The number of nitrogens with one attached hydrogen (secondary N) is 1. The first-order valence-electron chi connectivity index (χ1n) is 11.2. The summed E-state index contributed by atoms with van der Waals surface area (Å²) in [7, 11) is -4.12. The summed E-state index contributed by atoms with van der Waals surface area (Å²) < 4.78 is 35.5. The van der Waals surface area contributed by atoms with Crippen LogP contribution < -0.4 is 9.50 Å². The maximum absolute atomic E-state index is 12.7. The normalized spacial score (nSPS) is 17.3. The lowest BCUT2D eigenvalue weighted by Gasteiger charge is -2.28. The quantitative estimate of drug-likeness (QED) is 0.410. The number of rotatable bonds is 7. The predicted octanol–water partition coefficient (Wildman–Crippen LogP) is 2.31. The van der Waals surface area contributed by atoms with Crippen molar-refractivity contribution in [3.63, 3.8) is 0 Å². The van der Waals surface area contributed by atoms with Crippen molar-refractivity contribution in [1.29, 1.82) is 0 Å². The molecule has 2 aliphatic heterocycles. The molecule has 4 rings (SSSR count). The molecule has 4 amide bonds. The number of thioether (sulfide) groups is 1. The fraction of sp³-hybridized carbons (Fsp3) is 0.250. The summed E-state index contributed by atoms with van der Waals surface area (Å²) in [6.45, 7) is 2.67. The Labute approximate surface area is 217 Å². The summed E-state index contributed by atoms with van der Waals surface area (Å²) in [6.07, 6.45) is 1.49. The highest BCUT2D eigenvalue weighted by atomic mass is 32.2. The van der Waals surface area contributed by atoms with Crippen LogP contribution in [0.5, 0.6) is 5.75 Å². The standard InChI is InChI=1S/C24H23N3O8S2/c1-16(28)25-18-4-8-20(9-5-18)37(32,33)35-19-6-2-17(3-7-19)14-21-23(30)27(24(31)36-21)15-22(29)26-10-12-34-13-11-26/h2-9,14H,10-13,15H2,1H3,(H,25,28)/b21-14-. The first-order chi connectivity index (χ1) is 17.6. The van der Waals surface area contributed by atoms with Crippen LogP contribution in [-0.2, 0) is 29.2 Å². The molecule has 37 heavy (non-hydrogen) atoms. The van der Waals surface area contributed by atoms with Crippen molar-refractivity contribution in [2.45, 2.75) is 11.8 Å². The maximum atomic E-state index is 12.7. The smallest absolute Gasteiger partial charge is 0.339 e. The topological polar surface area (TPSA) is 139 Å². The van der Waals surface area contributed by atoms with Gasteiger partial charge in [-0.3, -0.25) is 24.1 Å². The molecule has 2 fully saturated rings. The zero-order valence-corrected chi connectivity index (χ0v) is 21.3. The van der Waals surface area contributed by atoms with Crippen LogP contribution in [0, 0.1) is 0 Å². The summed E-state index contributed by atoms with van der Waals surface area (Å²) >= 11 is 0.731. The number of hydrogen-bond acceptors (Lipinski definition) is 9. The van der Waals surface area contributed by atoms with Gasteiger partial charge in [-0.2, -0.15) is 8.42 Å². The van der Waals surface area contributed by atoms with Gasteiger partial charge in [0.25, 0.3) is 11.1 Å². The van der Waals surface area contributed by atoms with Gasteiger partial charge in [0.15, 0.2) is 0 Å². The second kappa shape index (κ2) is 11.2. The third kappa shape index (κ3) is 6.56. The SMILES string of the molecule is CC(=O)Nc1ccc(S(=O)(=O)Oc2ccc(/C=C3\SC(=O)N(CC(=O)N4CCOCC4)C3=O)cc2)cc1. The van der Waals surface area contributed by atoms with Gasteiger partial charge >= 0.3 is 10.1 Å². The molecule has 0 spiro atoms. The van der Waals surface area contributed by atoms with E-state index in [9.17, 15) is 27.6 Å². The number of carbonyl (C=O) groups is 4. The van der Waals surface area contributed by atoms with E-state index in [0.717, 1.165) is 16.7 Å². The Morgan fingerprint density at radius 1 is 1.05 bits per heavy atom. The Balaban J connectivity index is 1.40. The zero-order chi connectivity index (χ0) is 26.6. The average Bonchev–Trinajstić information content (AvgIpc) is 3.12. The van der Waals surface area contributed by atoms with Crippen molar-refractivity contribution < 1.29 is 36.5 Å². The number of anilines is 1. The second-order valence-electron chi connectivity index (χ2n) is 8.07. The average molecular weight is 546 g/mol. The molecule has 2 heterocycles. The second-order valence-corrected chi connectivity index (χ2v) is 10.6. The minimum atomic E-state index is -4.12. The van der Waals surface area contributed by atoms with E-state index in [1.54, 1.807) is 4.90 Å². The lowest BCUT2D eigenvalue weighted by Crippen LogP contribution is -2.46. The lowest BCUT2D eigenvalue weighted by atomic mass is 10.2. The van der Waals surface area contributed by atoms with Gasteiger partial charge in [0.2, 0.25) is 11.8 Å². The molecular weight excluding hydrogens is 522 g/mol. The Hall–Kier alpha value is -3.68. The van der Waals surface area contributed by atoms with Gasteiger partial charge in [0.05, 0.1) is 18.1 Å². The number of carbonyl (C=O) groups excluding carboxylic acids is 4. The van der Waals surface area contributed by atoms with Crippen LogP contribution in [0.1, 0.15) is 12.5 Å². The zero-order valence-electron chi connectivity index (χ0n) is 19.7. The molecule has 0 saturated carbocycles. The van der Waals surface area contributed by atoms with Gasteiger partial charge in [0.1, 0.15) is 17.2 Å². The summed E-state index contributed by atoms with van der Waals surface area (Å²) in [4.78, 5) is 51.2. The van der Waals surface area contributed by atoms with E-state index in [4.69, 9.17) is 8.92 Å². The molecule has 0 radical (unpaired) electrons. The van der Waals surface area contributed by atoms with Crippen LogP contribution in [0.15, 0.2) is 58.3 Å². The number of benzene rings is 2. The molecular formula is C24H23N3O8S2. The van der Waals surface area contributed by atoms with E-state index in [1.807, 2.05) is 0 Å². The van der Waals surface area contributed by atoms with Crippen molar-refractivity contribution in [3.05, 3.63) is 59.0 Å². The van der Waals surface area contributed by atoms with Crippen LogP contribution >= 0.6 is 11.8 Å². The summed E-state index contributed by atoms with van der Waals surface area (Å²) in [5.41, 5.74) is 0.986. The van der Waals surface area contributed by atoms with E-state index in [-0.39, 0.29) is 33.9 Å². The lowest BCUT2D eigenvalue weighted by molar-refractivity contribution is -0.139. The highest BCUT2D eigenvalue weighted by molar-refractivity contribution is 8.18. The number of imide groups is 1. The Bertz CT molecular complexity index is 1350. The van der Waals surface area contributed by atoms with Gasteiger partial charge in [-0.15, -0.1) is 0 Å². The Kier molecular flexibility index (Phi) is 7.95. The molecule has 2 saturated heterocycles. The molecule has 0 bridgehead atoms. The first-order valence-corrected chi connectivity index (χ1v) is 13.4. The van der Waals surface area contributed by atoms with Gasteiger partial charge in [-0.05, 0) is 59.8 Å². The molecule has 0 atom stereocenters. The maximum Gasteiger partial charge on any atom is 0.339 e. The molecule has 1 N–H and O–H groups in total. The Morgan fingerprint density at radius 3 is 2.32 bits per heavy atom. The molecule has 2 aliphatic rings. The summed E-state index contributed by atoms with van der Waals surface area (Å²) in [5, 5.41) is 2.01. The molecule has 0 aromatic heterocycles. The van der Waals surface area contributed by atoms with Crippen molar-refractivity contribution in [2.75, 3.05) is 38.2 Å². The number of ether oxygens (including phenoxy) is 1. The fourth-order valence-corrected chi connectivity index (χ4v) is 5.31. The van der Waals surface area contributed by atoms with Crippen LogP contribution in [0.25, 0.3) is 6.08 Å². The fourth-order valence-electron chi connectivity index (χ4n) is 3.54. The highest BCUT2D eigenvalue weighted by Crippen LogP contribution is 2.32. The van der Waals surface area contributed by atoms with E-state index in [0.29, 0.717) is 37.6 Å². The van der Waals surface area contributed by atoms with E-state index < -0.39 is 21.3 Å². The largest absolute Gasteiger partial charge is 0.379 e. The number of morpholine rings is 1. The van der Waals surface area contributed by atoms with Gasteiger partial charge in [-0.25, -0.2) is 0 Å². The third-order valence-electron chi connectivity index (χ3n) is 5.38. The number of hydrogen-bond donors (Lipinski definition) is 1. The number of amides is 4. The molecule has 2 aromatic rings.